The molecule has 0 saturated heterocycles. The van der Waals surface area contributed by atoms with Crippen molar-refractivity contribution in [2.45, 2.75) is 40.0 Å². The monoisotopic (exact) mass is 421 g/mol. The first-order valence-corrected chi connectivity index (χ1v) is 6.29. The van der Waals surface area contributed by atoms with Gasteiger partial charge in [0.05, 0.1) is 0 Å². The molecule has 0 heterocycles. The van der Waals surface area contributed by atoms with Crippen LogP contribution in [-0.4, -0.2) is 0 Å². The van der Waals surface area contributed by atoms with Crippen molar-refractivity contribution < 1.29 is 25.8 Å². The minimum absolute atomic E-state index is 0. The summed E-state index contributed by atoms with van der Waals surface area (Å²) in [6.45, 7) is 6.99. The average molecular weight is 420 g/mol. The van der Waals surface area contributed by atoms with Crippen molar-refractivity contribution in [1.82, 2.24) is 0 Å². The number of hydrogen-bond donors (Lipinski definition) is 0. The van der Waals surface area contributed by atoms with E-state index in [-0.39, 0.29) is 40.7 Å². The maximum atomic E-state index is 2.44. The predicted octanol–water partition coefficient (Wildman–Crippen LogP) is 5.14. The molecule has 3 rings (SSSR count). The Bertz CT molecular complexity index is 546. The number of rotatable bonds is 1. The molecule has 104 valence electrons. The summed E-state index contributed by atoms with van der Waals surface area (Å²) in [6, 6.07) is 9.42. The van der Waals surface area contributed by atoms with Crippen LogP contribution >= 0.6 is 0 Å². The molecule has 0 saturated carbocycles. The predicted molar refractivity (Wildman–Crippen MR) is 82.9 cm³/mol. The smallest absolute Gasteiger partial charge is 0 e. The minimum atomic E-state index is 0. The normalized spacial score (nSPS) is 15.1. The van der Waals surface area contributed by atoms with E-state index in [0.717, 1.165) is 6.42 Å². The first kappa shape index (κ1) is 18.7. The van der Waals surface area contributed by atoms with Crippen molar-refractivity contribution in [2.24, 2.45) is 5.41 Å². The van der Waals surface area contributed by atoms with Crippen LogP contribution in [0.25, 0.3) is 10.8 Å². The van der Waals surface area contributed by atoms with E-state index in [4.69, 9.17) is 0 Å². The van der Waals surface area contributed by atoms with Gasteiger partial charge in [-0.2, -0.15) is 6.07 Å². The van der Waals surface area contributed by atoms with Gasteiger partial charge < -0.3 is 14.9 Å². The quantitative estimate of drug-likeness (QED) is 0.443. The van der Waals surface area contributed by atoms with Crippen LogP contribution in [0.4, 0.5) is 0 Å². The van der Waals surface area contributed by atoms with Crippen molar-refractivity contribution in [3.63, 3.8) is 0 Å². The van der Waals surface area contributed by atoms with Crippen molar-refractivity contribution in [1.29, 1.82) is 0 Å². The number of hydrogen-bond acceptors (Lipinski definition) is 0. The fourth-order valence-corrected chi connectivity index (χ4v) is 3.14. The summed E-state index contributed by atoms with van der Waals surface area (Å²) in [6.07, 6.45) is 3.63. The van der Waals surface area contributed by atoms with Gasteiger partial charge >= 0.3 is 0 Å². The summed E-state index contributed by atoms with van der Waals surface area (Å²) in [5.41, 5.74) is 5.12. The van der Waals surface area contributed by atoms with E-state index < -0.39 is 0 Å². The fourth-order valence-electron chi connectivity index (χ4n) is 3.14. The molecule has 0 aliphatic heterocycles. The summed E-state index contributed by atoms with van der Waals surface area (Å²) >= 11 is 0. The Balaban J connectivity index is 0.00000108. The summed E-state index contributed by atoms with van der Waals surface area (Å²) in [5.74, 6) is 0. The van der Waals surface area contributed by atoms with Gasteiger partial charge in [-0.1, -0.05) is 38.3 Å². The molecule has 2 aromatic rings. The zero-order valence-corrected chi connectivity index (χ0v) is 16.5. The van der Waals surface area contributed by atoms with Crippen LogP contribution in [0.2, 0.25) is 0 Å². The fraction of sp³-hybridized carbons (Fsp3) is 0.389. The third-order valence-electron chi connectivity index (χ3n) is 3.90. The van der Waals surface area contributed by atoms with Gasteiger partial charge in [-0.05, 0) is 18.3 Å². The first-order valence-electron chi connectivity index (χ1n) is 6.29. The SMILES string of the molecule is CC[c-]1ccc2cc3c(cc21)CC(C)(C)C3.[CH3-].[CH3-].[Hf]. The molecule has 1 aliphatic carbocycles. The second-order valence-electron chi connectivity index (χ2n) is 5.94. The summed E-state index contributed by atoms with van der Waals surface area (Å²) in [5, 5.41) is 2.92. The largest absolute Gasteiger partial charge is 0.358 e. The van der Waals surface area contributed by atoms with Gasteiger partial charge in [-0.15, -0.1) is 34.5 Å². The van der Waals surface area contributed by atoms with Gasteiger partial charge in [0.1, 0.15) is 0 Å². The van der Waals surface area contributed by atoms with E-state index in [0.29, 0.717) is 5.41 Å². The van der Waals surface area contributed by atoms with E-state index in [9.17, 15) is 0 Å². The van der Waals surface area contributed by atoms with Gasteiger partial charge in [-0.25, -0.2) is 0 Å². The molecule has 0 N–H and O–H groups in total. The summed E-state index contributed by atoms with van der Waals surface area (Å²) in [4.78, 5) is 0. The molecule has 0 unspecified atom stereocenters. The molecule has 0 aromatic heterocycles. The van der Waals surface area contributed by atoms with Crippen LogP contribution in [0.3, 0.4) is 0 Å². The molecule has 0 spiro atoms. The molecule has 0 amide bonds. The van der Waals surface area contributed by atoms with E-state index in [1.807, 2.05) is 0 Å². The van der Waals surface area contributed by atoms with Crippen molar-refractivity contribution in [3.05, 3.63) is 55.8 Å². The molecule has 0 nitrogen and oxygen atoms in total. The van der Waals surface area contributed by atoms with E-state index >= 15 is 0 Å². The Morgan fingerprint density at radius 1 is 1.11 bits per heavy atom. The minimum Gasteiger partial charge on any atom is -0.358 e. The van der Waals surface area contributed by atoms with Crippen LogP contribution in [0, 0.1) is 20.3 Å². The maximum Gasteiger partial charge on any atom is 0 e. The Hall–Kier alpha value is -0.300. The van der Waals surface area contributed by atoms with E-state index in [2.05, 4.69) is 45.0 Å². The van der Waals surface area contributed by atoms with Gasteiger partial charge in [0.15, 0.2) is 0 Å². The maximum absolute atomic E-state index is 2.44. The van der Waals surface area contributed by atoms with Gasteiger partial charge in [0.25, 0.3) is 0 Å². The second-order valence-corrected chi connectivity index (χ2v) is 5.94. The first-order chi connectivity index (χ1) is 7.59. The van der Waals surface area contributed by atoms with E-state index in [1.165, 1.54) is 29.2 Å². The third kappa shape index (κ3) is 3.24. The Labute approximate surface area is 137 Å². The molecule has 19 heavy (non-hydrogen) atoms. The Morgan fingerprint density at radius 2 is 1.68 bits per heavy atom. The molecule has 0 atom stereocenters. The molecule has 1 heteroatoms. The van der Waals surface area contributed by atoms with Crippen molar-refractivity contribution in [2.75, 3.05) is 0 Å². The average Bonchev–Trinajstić information content (AvgIpc) is 2.71. The molecule has 0 bridgehead atoms. The van der Waals surface area contributed by atoms with Crippen LogP contribution in [0.5, 0.6) is 0 Å². The zero-order chi connectivity index (χ0) is 11.3. The van der Waals surface area contributed by atoms with E-state index in [1.54, 1.807) is 11.1 Å². The van der Waals surface area contributed by atoms with Gasteiger partial charge in [0, 0.05) is 25.8 Å². The van der Waals surface area contributed by atoms with Crippen molar-refractivity contribution >= 4 is 10.8 Å². The number of fused-ring (bicyclic) bond motifs is 2. The van der Waals surface area contributed by atoms with Crippen LogP contribution in [-0.2, 0) is 45.1 Å². The number of aryl methyl sites for hydroxylation is 1. The Kier molecular flexibility index (Phi) is 6.33. The molecule has 1 aliphatic rings. The van der Waals surface area contributed by atoms with Gasteiger partial charge in [0.2, 0.25) is 0 Å². The van der Waals surface area contributed by atoms with Crippen LogP contribution in [0.15, 0.2) is 24.3 Å². The standard InChI is InChI=1S/C16H19.2CH3.Hf/c1-4-11-5-6-12-7-13-9-16(2,3)10-14(13)8-15(11)12;;;/h5-8H,4,9-10H2,1-3H3;2*1H3;/q3*-1;. The third-order valence-corrected chi connectivity index (χ3v) is 3.90. The van der Waals surface area contributed by atoms with Gasteiger partial charge in [-0.3, -0.25) is 0 Å². The molecule has 0 radical (unpaired) electrons. The zero-order valence-electron chi connectivity index (χ0n) is 12.9. The summed E-state index contributed by atoms with van der Waals surface area (Å²) in [7, 11) is 0. The molecule has 2 aromatic carbocycles. The molecule has 0 fully saturated rings. The van der Waals surface area contributed by atoms with Crippen LogP contribution in [0.1, 0.15) is 37.5 Å². The topological polar surface area (TPSA) is 0 Å². The Morgan fingerprint density at radius 3 is 2.26 bits per heavy atom. The van der Waals surface area contributed by atoms with Crippen LogP contribution < -0.4 is 0 Å². The molecular formula is C18H25Hf-3. The molecular weight excluding hydrogens is 395 g/mol. The summed E-state index contributed by atoms with van der Waals surface area (Å²) < 4.78 is 0. The second kappa shape index (κ2) is 6.43. The number of benzene rings is 1. The van der Waals surface area contributed by atoms with Crippen molar-refractivity contribution in [3.8, 4) is 0 Å².